The zero-order chi connectivity index (χ0) is 11.4. The van der Waals surface area contributed by atoms with Crippen LogP contribution >= 0.6 is 0 Å². The van der Waals surface area contributed by atoms with Crippen molar-refractivity contribution in [2.45, 2.75) is 58.3 Å². The summed E-state index contributed by atoms with van der Waals surface area (Å²) in [6.07, 6.45) is 10.2. The van der Waals surface area contributed by atoms with Gasteiger partial charge in [0.25, 0.3) is 0 Å². The lowest BCUT2D eigenvalue weighted by Crippen LogP contribution is -2.08. The minimum atomic E-state index is 0.515. The van der Waals surface area contributed by atoms with Crippen LogP contribution in [0.4, 0.5) is 5.88 Å². The molecule has 0 aliphatic heterocycles. The molecule has 1 aliphatic rings. The van der Waals surface area contributed by atoms with Crippen molar-refractivity contribution in [2.75, 3.05) is 5.73 Å². The summed E-state index contributed by atoms with van der Waals surface area (Å²) < 4.78 is 5.05. The SMILES string of the molecule is CCc1c(CCC2CCCCC2)noc1N. The first-order valence-electron chi connectivity index (χ1n) is 6.54. The highest BCUT2D eigenvalue weighted by atomic mass is 16.5. The normalized spacial score (nSPS) is 17.8. The molecule has 0 radical (unpaired) electrons. The highest BCUT2D eigenvalue weighted by Gasteiger charge is 2.16. The second-order valence-electron chi connectivity index (χ2n) is 4.87. The molecule has 3 nitrogen and oxygen atoms in total. The molecule has 1 aromatic rings. The maximum absolute atomic E-state index is 5.73. The fourth-order valence-electron chi connectivity index (χ4n) is 2.75. The molecule has 1 heterocycles. The van der Waals surface area contributed by atoms with Crippen molar-refractivity contribution < 1.29 is 4.52 Å². The Balaban J connectivity index is 1.88. The zero-order valence-corrected chi connectivity index (χ0v) is 10.2. The van der Waals surface area contributed by atoms with Crippen LogP contribution in [0.15, 0.2) is 4.52 Å². The minimum Gasteiger partial charge on any atom is -0.367 e. The fourth-order valence-corrected chi connectivity index (χ4v) is 2.75. The van der Waals surface area contributed by atoms with Crippen molar-refractivity contribution in [1.29, 1.82) is 0 Å². The molecule has 1 fully saturated rings. The maximum atomic E-state index is 5.73. The Bertz CT molecular complexity index is 327. The summed E-state index contributed by atoms with van der Waals surface area (Å²) in [4.78, 5) is 0. The van der Waals surface area contributed by atoms with Crippen LogP contribution in [-0.2, 0) is 12.8 Å². The van der Waals surface area contributed by atoms with Gasteiger partial charge in [0.05, 0.1) is 5.69 Å². The second-order valence-corrected chi connectivity index (χ2v) is 4.87. The number of rotatable bonds is 4. The van der Waals surface area contributed by atoms with Gasteiger partial charge < -0.3 is 10.3 Å². The Morgan fingerprint density at radius 1 is 1.31 bits per heavy atom. The molecule has 90 valence electrons. The van der Waals surface area contributed by atoms with Crippen LogP contribution < -0.4 is 5.73 Å². The first-order valence-corrected chi connectivity index (χ1v) is 6.54. The Morgan fingerprint density at radius 2 is 2.06 bits per heavy atom. The standard InChI is InChI=1S/C13H22N2O/c1-2-11-12(15-16-13(11)14)9-8-10-6-4-3-5-7-10/h10H,2-9,14H2,1H3. The van der Waals surface area contributed by atoms with Crippen molar-refractivity contribution in [2.24, 2.45) is 5.92 Å². The number of nitrogen functional groups attached to an aromatic ring is 1. The van der Waals surface area contributed by atoms with E-state index in [2.05, 4.69) is 12.1 Å². The molecular formula is C13H22N2O. The number of hydrogen-bond acceptors (Lipinski definition) is 3. The van der Waals surface area contributed by atoms with Crippen LogP contribution in [0, 0.1) is 5.92 Å². The molecule has 2 N–H and O–H groups in total. The van der Waals surface area contributed by atoms with Gasteiger partial charge in [0, 0.05) is 5.56 Å². The van der Waals surface area contributed by atoms with Crippen molar-refractivity contribution in [3.8, 4) is 0 Å². The quantitative estimate of drug-likeness (QED) is 0.850. The number of hydrogen-bond donors (Lipinski definition) is 1. The second kappa shape index (κ2) is 5.37. The molecule has 0 amide bonds. The van der Waals surface area contributed by atoms with Crippen LogP contribution in [0.25, 0.3) is 0 Å². The average Bonchev–Trinajstić information content (AvgIpc) is 2.68. The summed E-state index contributed by atoms with van der Waals surface area (Å²) in [5.74, 6) is 1.41. The third-order valence-corrected chi connectivity index (χ3v) is 3.77. The van der Waals surface area contributed by atoms with Gasteiger partial charge in [0.15, 0.2) is 0 Å². The molecule has 1 aliphatic carbocycles. The highest BCUT2D eigenvalue weighted by Crippen LogP contribution is 2.28. The molecule has 0 unspecified atom stereocenters. The van der Waals surface area contributed by atoms with E-state index in [0.717, 1.165) is 30.0 Å². The number of nitrogens with two attached hydrogens (primary N) is 1. The number of nitrogens with zero attached hydrogens (tertiary/aromatic N) is 1. The predicted molar refractivity (Wildman–Crippen MR) is 65.2 cm³/mol. The largest absolute Gasteiger partial charge is 0.367 e. The fraction of sp³-hybridized carbons (Fsp3) is 0.769. The summed E-state index contributed by atoms with van der Waals surface area (Å²) in [5.41, 5.74) is 7.94. The Hall–Kier alpha value is -0.990. The highest BCUT2D eigenvalue weighted by molar-refractivity contribution is 5.38. The third-order valence-electron chi connectivity index (χ3n) is 3.77. The lowest BCUT2D eigenvalue weighted by molar-refractivity contribution is 0.335. The molecule has 1 aromatic heterocycles. The summed E-state index contributed by atoms with van der Waals surface area (Å²) in [6.45, 7) is 2.10. The Kier molecular flexibility index (Phi) is 3.86. The molecule has 16 heavy (non-hydrogen) atoms. The van der Waals surface area contributed by atoms with E-state index in [1.165, 1.54) is 38.5 Å². The average molecular weight is 222 g/mol. The van der Waals surface area contributed by atoms with Gasteiger partial charge in [-0.15, -0.1) is 0 Å². The smallest absolute Gasteiger partial charge is 0.225 e. The van der Waals surface area contributed by atoms with Crippen LogP contribution in [0.5, 0.6) is 0 Å². The molecule has 0 bridgehead atoms. The van der Waals surface area contributed by atoms with Gasteiger partial charge in [-0.25, -0.2) is 0 Å². The number of aromatic nitrogens is 1. The van der Waals surface area contributed by atoms with E-state index >= 15 is 0 Å². The molecule has 0 saturated heterocycles. The van der Waals surface area contributed by atoms with E-state index in [4.69, 9.17) is 10.3 Å². The van der Waals surface area contributed by atoms with Gasteiger partial charge in [0.1, 0.15) is 0 Å². The van der Waals surface area contributed by atoms with Crippen molar-refractivity contribution >= 4 is 5.88 Å². The third kappa shape index (κ3) is 2.57. The van der Waals surface area contributed by atoms with E-state index < -0.39 is 0 Å². The summed E-state index contributed by atoms with van der Waals surface area (Å²) in [5, 5.41) is 4.07. The molecule has 0 atom stereocenters. The van der Waals surface area contributed by atoms with Crippen LogP contribution in [0.3, 0.4) is 0 Å². The summed E-state index contributed by atoms with van der Waals surface area (Å²) in [6, 6.07) is 0. The minimum absolute atomic E-state index is 0.515. The maximum Gasteiger partial charge on any atom is 0.225 e. The monoisotopic (exact) mass is 222 g/mol. The van der Waals surface area contributed by atoms with Crippen molar-refractivity contribution in [3.05, 3.63) is 11.3 Å². The Morgan fingerprint density at radius 3 is 2.75 bits per heavy atom. The molecule has 0 aromatic carbocycles. The lowest BCUT2D eigenvalue weighted by atomic mass is 9.85. The zero-order valence-electron chi connectivity index (χ0n) is 10.2. The molecule has 0 spiro atoms. The Labute approximate surface area is 97.4 Å². The van der Waals surface area contributed by atoms with E-state index in [1.807, 2.05) is 0 Å². The van der Waals surface area contributed by atoms with E-state index in [0.29, 0.717) is 5.88 Å². The molecular weight excluding hydrogens is 200 g/mol. The summed E-state index contributed by atoms with van der Waals surface area (Å²) in [7, 11) is 0. The van der Waals surface area contributed by atoms with E-state index in [1.54, 1.807) is 0 Å². The molecule has 1 saturated carbocycles. The number of aryl methyl sites for hydroxylation is 1. The molecule has 3 heteroatoms. The van der Waals surface area contributed by atoms with Gasteiger partial charge >= 0.3 is 0 Å². The first kappa shape index (κ1) is 11.5. The predicted octanol–water partition coefficient (Wildman–Crippen LogP) is 3.33. The first-order chi connectivity index (χ1) is 7.81. The van der Waals surface area contributed by atoms with Crippen molar-refractivity contribution in [1.82, 2.24) is 5.16 Å². The summed E-state index contributed by atoms with van der Waals surface area (Å²) >= 11 is 0. The van der Waals surface area contributed by atoms with E-state index in [-0.39, 0.29) is 0 Å². The van der Waals surface area contributed by atoms with Crippen LogP contribution in [0.2, 0.25) is 0 Å². The van der Waals surface area contributed by atoms with Gasteiger partial charge in [0.2, 0.25) is 5.88 Å². The van der Waals surface area contributed by atoms with Gasteiger partial charge in [-0.2, -0.15) is 0 Å². The van der Waals surface area contributed by atoms with Gasteiger partial charge in [-0.1, -0.05) is 44.2 Å². The van der Waals surface area contributed by atoms with Gasteiger partial charge in [-0.3, -0.25) is 0 Å². The van der Waals surface area contributed by atoms with Crippen LogP contribution in [-0.4, -0.2) is 5.16 Å². The molecule has 2 rings (SSSR count). The lowest BCUT2D eigenvalue weighted by Gasteiger charge is -2.20. The van der Waals surface area contributed by atoms with Crippen molar-refractivity contribution in [3.63, 3.8) is 0 Å². The topological polar surface area (TPSA) is 52.0 Å². The van der Waals surface area contributed by atoms with Gasteiger partial charge in [-0.05, 0) is 25.2 Å². The number of anilines is 1. The van der Waals surface area contributed by atoms with E-state index in [9.17, 15) is 0 Å². The van der Waals surface area contributed by atoms with Crippen LogP contribution in [0.1, 0.15) is 56.7 Å².